The van der Waals surface area contributed by atoms with Crippen LogP contribution in [0, 0.1) is 17.8 Å². The van der Waals surface area contributed by atoms with Crippen LogP contribution >= 0.6 is 0 Å². The van der Waals surface area contributed by atoms with Crippen LogP contribution in [0.15, 0.2) is 0 Å². The van der Waals surface area contributed by atoms with Crippen molar-refractivity contribution in [2.75, 3.05) is 40.3 Å². The zero-order valence-electron chi connectivity index (χ0n) is 13.0. The van der Waals surface area contributed by atoms with Gasteiger partial charge in [0, 0.05) is 13.1 Å². The highest BCUT2D eigenvalue weighted by Gasteiger charge is 2.28. The highest BCUT2D eigenvalue weighted by molar-refractivity contribution is 4.81. The smallest absolute Gasteiger partial charge is 0.0580 e. The maximum Gasteiger partial charge on any atom is 0.0580 e. The molecule has 2 fully saturated rings. The van der Waals surface area contributed by atoms with E-state index in [0.29, 0.717) is 5.92 Å². The zero-order valence-corrected chi connectivity index (χ0v) is 13.0. The monoisotopic (exact) mass is 268 g/mol. The number of aliphatic hydroxyl groups is 1. The Bertz CT molecular complexity index is 263. The Labute approximate surface area is 119 Å². The van der Waals surface area contributed by atoms with Gasteiger partial charge in [0.05, 0.1) is 6.10 Å². The molecule has 112 valence electrons. The maximum absolute atomic E-state index is 10.1. The van der Waals surface area contributed by atoms with Crippen LogP contribution in [0.5, 0.6) is 0 Å². The van der Waals surface area contributed by atoms with Crippen molar-refractivity contribution < 1.29 is 5.11 Å². The van der Waals surface area contributed by atoms with E-state index in [1.54, 1.807) is 0 Å². The van der Waals surface area contributed by atoms with E-state index in [4.69, 9.17) is 0 Å². The summed E-state index contributed by atoms with van der Waals surface area (Å²) in [5.41, 5.74) is 0. The van der Waals surface area contributed by atoms with Gasteiger partial charge in [-0.15, -0.1) is 0 Å². The van der Waals surface area contributed by atoms with E-state index in [0.717, 1.165) is 24.8 Å². The average molecular weight is 268 g/mol. The van der Waals surface area contributed by atoms with E-state index in [1.165, 1.54) is 45.3 Å². The number of hydrogen-bond donors (Lipinski definition) is 1. The normalized spacial score (nSPS) is 34.9. The summed E-state index contributed by atoms with van der Waals surface area (Å²) in [5.74, 6) is 2.16. The number of nitrogens with zero attached hydrogens (tertiary/aromatic N) is 2. The molecule has 0 aromatic rings. The van der Waals surface area contributed by atoms with Gasteiger partial charge in [-0.05, 0) is 77.0 Å². The fourth-order valence-electron chi connectivity index (χ4n) is 3.84. The number of rotatable bonds is 4. The van der Waals surface area contributed by atoms with Crippen LogP contribution < -0.4 is 0 Å². The molecular weight excluding hydrogens is 236 g/mol. The van der Waals surface area contributed by atoms with Crippen LogP contribution in [0.1, 0.15) is 39.0 Å². The van der Waals surface area contributed by atoms with Crippen LogP contribution in [0.3, 0.4) is 0 Å². The Kier molecular flexibility index (Phi) is 5.67. The van der Waals surface area contributed by atoms with Crippen molar-refractivity contribution >= 4 is 0 Å². The standard InChI is InChI=1S/C16H32N2O/c1-13-4-5-16(19)15(10-13)12-18(3)11-14-6-8-17(2)9-7-14/h13-16,19H,4-12H2,1-3H3. The third-order valence-corrected chi connectivity index (χ3v) is 5.16. The highest BCUT2D eigenvalue weighted by Crippen LogP contribution is 2.29. The van der Waals surface area contributed by atoms with Crippen LogP contribution in [0.25, 0.3) is 0 Å². The van der Waals surface area contributed by atoms with Crippen molar-refractivity contribution in [3.63, 3.8) is 0 Å². The third-order valence-electron chi connectivity index (χ3n) is 5.16. The van der Waals surface area contributed by atoms with E-state index in [-0.39, 0.29) is 6.10 Å². The van der Waals surface area contributed by atoms with E-state index in [9.17, 15) is 5.11 Å². The van der Waals surface area contributed by atoms with Crippen molar-refractivity contribution in [2.24, 2.45) is 17.8 Å². The molecule has 2 rings (SSSR count). The second-order valence-electron chi connectivity index (χ2n) is 7.21. The summed E-state index contributed by atoms with van der Waals surface area (Å²) in [7, 11) is 4.46. The van der Waals surface area contributed by atoms with Crippen LogP contribution in [0.4, 0.5) is 0 Å². The van der Waals surface area contributed by atoms with Gasteiger partial charge in [0.25, 0.3) is 0 Å². The van der Waals surface area contributed by atoms with Gasteiger partial charge >= 0.3 is 0 Å². The number of piperidine rings is 1. The predicted octanol–water partition coefficient (Wildman–Crippen LogP) is 2.06. The van der Waals surface area contributed by atoms with Crippen molar-refractivity contribution in [3.05, 3.63) is 0 Å². The minimum Gasteiger partial charge on any atom is -0.393 e. The molecule has 1 aliphatic heterocycles. The molecule has 1 aliphatic carbocycles. The topological polar surface area (TPSA) is 26.7 Å². The number of hydrogen-bond acceptors (Lipinski definition) is 3. The van der Waals surface area contributed by atoms with E-state index >= 15 is 0 Å². The first-order valence-corrected chi connectivity index (χ1v) is 8.09. The predicted molar refractivity (Wildman–Crippen MR) is 80.2 cm³/mol. The van der Waals surface area contributed by atoms with E-state index in [2.05, 4.69) is 30.8 Å². The number of likely N-dealkylation sites (tertiary alicyclic amines) is 1. The first kappa shape index (κ1) is 15.3. The van der Waals surface area contributed by atoms with Gasteiger partial charge in [0.15, 0.2) is 0 Å². The van der Waals surface area contributed by atoms with Crippen molar-refractivity contribution in [1.82, 2.24) is 9.80 Å². The lowest BCUT2D eigenvalue weighted by Gasteiger charge is -2.36. The lowest BCUT2D eigenvalue weighted by molar-refractivity contribution is 0.0308. The quantitative estimate of drug-likeness (QED) is 0.845. The van der Waals surface area contributed by atoms with Gasteiger partial charge < -0.3 is 14.9 Å². The molecule has 3 atom stereocenters. The molecule has 3 unspecified atom stereocenters. The third kappa shape index (κ3) is 4.73. The molecule has 1 heterocycles. The summed E-state index contributed by atoms with van der Waals surface area (Å²) in [6.45, 7) is 7.13. The van der Waals surface area contributed by atoms with Crippen LogP contribution in [-0.4, -0.2) is 61.3 Å². The summed E-state index contributed by atoms with van der Waals surface area (Å²) >= 11 is 0. The first-order valence-electron chi connectivity index (χ1n) is 8.09. The minimum absolute atomic E-state index is 0.0591. The van der Waals surface area contributed by atoms with Crippen molar-refractivity contribution in [2.45, 2.75) is 45.1 Å². The van der Waals surface area contributed by atoms with E-state index in [1.807, 2.05) is 0 Å². The zero-order chi connectivity index (χ0) is 13.8. The van der Waals surface area contributed by atoms with Gasteiger partial charge in [-0.1, -0.05) is 6.92 Å². The molecule has 19 heavy (non-hydrogen) atoms. The van der Waals surface area contributed by atoms with Crippen LogP contribution in [0.2, 0.25) is 0 Å². The lowest BCUT2D eigenvalue weighted by Crippen LogP contribution is -2.40. The second kappa shape index (κ2) is 7.05. The van der Waals surface area contributed by atoms with Crippen LogP contribution in [-0.2, 0) is 0 Å². The maximum atomic E-state index is 10.1. The Morgan fingerprint density at radius 3 is 2.47 bits per heavy atom. The molecule has 0 bridgehead atoms. The molecule has 1 saturated carbocycles. The summed E-state index contributed by atoms with van der Waals surface area (Å²) < 4.78 is 0. The average Bonchev–Trinajstić information content (AvgIpc) is 2.37. The molecule has 2 aliphatic rings. The largest absolute Gasteiger partial charge is 0.393 e. The molecule has 3 heteroatoms. The fourth-order valence-corrected chi connectivity index (χ4v) is 3.84. The van der Waals surface area contributed by atoms with Crippen molar-refractivity contribution in [1.29, 1.82) is 0 Å². The Hall–Kier alpha value is -0.120. The summed E-state index contributed by atoms with van der Waals surface area (Å²) in [6, 6.07) is 0. The molecular formula is C16H32N2O. The highest BCUT2D eigenvalue weighted by atomic mass is 16.3. The molecule has 0 aromatic heterocycles. The lowest BCUT2D eigenvalue weighted by atomic mass is 9.80. The Balaban J connectivity index is 1.72. The van der Waals surface area contributed by atoms with Gasteiger partial charge in [-0.25, -0.2) is 0 Å². The SMILES string of the molecule is CC1CCC(O)C(CN(C)CC2CCN(C)CC2)C1. The molecule has 0 radical (unpaired) electrons. The minimum atomic E-state index is -0.0591. The molecule has 0 aromatic carbocycles. The fraction of sp³-hybridized carbons (Fsp3) is 1.00. The molecule has 1 N–H and O–H groups in total. The first-order chi connectivity index (χ1) is 9.04. The molecule has 0 amide bonds. The Morgan fingerprint density at radius 2 is 1.79 bits per heavy atom. The summed E-state index contributed by atoms with van der Waals surface area (Å²) in [6.07, 6.45) is 6.04. The van der Waals surface area contributed by atoms with Gasteiger partial charge in [0.1, 0.15) is 0 Å². The number of aliphatic hydroxyl groups excluding tert-OH is 1. The molecule has 0 spiro atoms. The summed E-state index contributed by atoms with van der Waals surface area (Å²) in [5, 5.41) is 10.1. The van der Waals surface area contributed by atoms with Crippen molar-refractivity contribution in [3.8, 4) is 0 Å². The second-order valence-corrected chi connectivity index (χ2v) is 7.21. The molecule has 3 nitrogen and oxygen atoms in total. The van der Waals surface area contributed by atoms with Gasteiger partial charge in [-0.2, -0.15) is 0 Å². The van der Waals surface area contributed by atoms with Gasteiger partial charge in [-0.3, -0.25) is 0 Å². The van der Waals surface area contributed by atoms with Gasteiger partial charge in [0.2, 0.25) is 0 Å². The van der Waals surface area contributed by atoms with E-state index < -0.39 is 0 Å². The molecule has 1 saturated heterocycles. The summed E-state index contributed by atoms with van der Waals surface area (Å²) in [4.78, 5) is 4.91. The Morgan fingerprint density at radius 1 is 1.11 bits per heavy atom.